The van der Waals surface area contributed by atoms with Crippen LogP contribution in [-0.2, 0) is 16.4 Å². The van der Waals surface area contributed by atoms with Gasteiger partial charge in [-0.1, -0.05) is 32.9 Å². The van der Waals surface area contributed by atoms with Crippen LogP contribution in [0.25, 0.3) is 291 Å². The molecule has 0 amide bonds. The monoisotopic (exact) mass is 868 g/mol. The van der Waals surface area contributed by atoms with Gasteiger partial charge in [0.25, 0.3) is 0 Å². The van der Waals surface area contributed by atoms with Crippen molar-refractivity contribution in [3.05, 3.63) is 51.6 Å². The molecule has 29 aromatic rings. The van der Waals surface area contributed by atoms with Crippen molar-refractivity contribution in [2.24, 2.45) is 0 Å². The zero-order valence-corrected chi connectivity index (χ0v) is 37.1. The predicted octanol–water partition coefficient (Wildman–Crippen LogP) is 19.0. The molecular formula is C70H12O. The van der Waals surface area contributed by atoms with Crippen molar-refractivity contribution in [2.75, 3.05) is 0 Å². The molecule has 298 valence electrons. The lowest BCUT2D eigenvalue weighted by molar-refractivity contribution is 0.105. The molecular weight excluding hydrogens is 857 g/mol. The van der Waals surface area contributed by atoms with E-state index in [0.29, 0.717) is 0 Å². The lowest BCUT2D eigenvalue weighted by Crippen LogP contribution is -2.50. The van der Waals surface area contributed by atoms with Crippen molar-refractivity contribution in [1.29, 1.82) is 0 Å². The van der Waals surface area contributed by atoms with Crippen molar-refractivity contribution >= 4 is 291 Å². The highest BCUT2D eigenvalue weighted by atomic mass is 16.5. The van der Waals surface area contributed by atoms with Gasteiger partial charge in [0.15, 0.2) is 5.60 Å². The first-order chi connectivity index (χ1) is 35.0. The average molecular weight is 869 g/mol. The molecule has 0 N–H and O–H groups in total. The SMILES string of the molecule is CC(C)(C)c1ccc2c(c1)C13c4c5c6c7c8c9c(c%10c%11c1c1c%12c4c4c%13c5c5c7c7c8c8c%14c9c%10c9c%10c%11c1c1c%11c%12c4c4c%12c%13c5c5c7c7c8c8c%14c9c9c%10c1c1c%11c4c4c%12c5c7c5c8c9c1c45)C63O2. The van der Waals surface area contributed by atoms with E-state index in [1.807, 2.05) is 0 Å². The van der Waals surface area contributed by atoms with Crippen LogP contribution in [0.5, 0.6) is 5.75 Å². The molecule has 1 aliphatic heterocycles. The van der Waals surface area contributed by atoms with Gasteiger partial charge in [-0.05, 0) is 319 Å². The summed E-state index contributed by atoms with van der Waals surface area (Å²) in [5, 5.41) is 88.2. The highest BCUT2D eigenvalue weighted by Crippen LogP contribution is 2.86. The number of hydrogen-bond donors (Lipinski definition) is 0. The van der Waals surface area contributed by atoms with Crippen LogP contribution in [0.3, 0.4) is 0 Å². The van der Waals surface area contributed by atoms with Crippen LogP contribution in [0.1, 0.15) is 54.2 Å². The van der Waals surface area contributed by atoms with Gasteiger partial charge in [-0.25, -0.2) is 0 Å². The maximum absolute atomic E-state index is 8.66. The lowest BCUT2D eigenvalue weighted by atomic mass is 9.54. The van der Waals surface area contributed by atoms with Crippen LogP contribution in [0.4, 0.5) is 0 Å². The fourth-order valence-electron chi connectivity index (χ4n) is 25.4. The van der Waals surface area contributed by atoms with Gasteiger partial charge in [-0.2, -0.15) is 0 Å². The van der Waals surface area contributed by atoms with Crippen LogP contribution in [-0.4, -0.2) is 0 Å². The minimum absolute atomic E-state index is 0.0219. The fourth-order valence-corrected chi connectivity index (χ4v) is 25.4. The smallest absolute Gasteiger partial charge is 0.179 e. The Hall–Kier alpha value is -8.52. The van der Waals surface area contributed by atoms with E-state index in [9.17, 15) is 0 Å². The van der Waals surface area contributed by atoms with Crippen molar-refractivity contribution in [1.82, 2.24) is 0 Å². The molecule has 29 aromatic carbocycles. The molecule has 2 spiro atoms. The number of rotatable bonds is 0. The fraction of sp³-hybridized carbons (Fsp3) is 0.0857. The van der Waals surface area contributed by atoms with Crippen LogP contribution < -0.4 is 4.74 Å². The van der Waals surface area contributed by atoms with Gasteiger partial charge in [0.05, 0.1) is 5.41 Å². The van der Waals surface area contributed by atoms with Gasteiger partial charge in [-0.3, -0.25) is 0 Å². The van der Waals surface area contributed by atoms with E-state index in [4.69, 9.17) is 4.74 Å². The summed E-state index contributed by atoms with van der Waals surface area (Å²) in [6.07, 6.45) is 0. The van der Waals surface area contributed by atoms with Gasteiger partial charge in [0.2, 0.25) is 0 Å². The van der Waals surface area contributed by atoms with Gasteiger partial charge in [-0.15, -0.1) is 0 Å². The predicted molar refractivity (Wildman–Crippen MR) is 299 cm³/mol. The summed E-state index contributed by atoms with van der Waals surface area (Å²) in [5.41, 5.74) is 8.05. The Labute approximate surface area is 388 Å². The van der Waals surface area contributed by atoms with Crippen molar-refractivity contribution < 1.29 is 4.74 Å². The van der Waals surface area contributed by atoms with Crippen LogP contribution >= 0.6 is 0 Å². The molecule has 5 aliphatic rings. The van der Waals surface area contributed by atoms with Crippen molar-refractivity contribution in [3.63, 3.8) is 0 Å². The van der Waals surface area contributed by atoms with E-state index in [-0.39, 0.29) is 5.41 Å². The zero-order chi connectivity index (χ0) is 42.5. The lowest BCUT2D eigenvalue weighted by Gasteiger charge is -2.47. The number of fused-ring (bicyclic) bond motifs is 1. The molecule has 34 rings (SSSR count). The molecule has 71 heavy (non-hydrogen) atoms. The maximum atomic E-state index is 8.66. The second-order valence-corrected chi connectivity index (χ2v) is 27.2. The second-order valence-electron chi connectivity index (χ2n) is 27.2. The minimum atomic E-state index is -0.725. The first kappa shape index (κ1) is 26.5. The Balaban J connectivity index is 1.18. The molecule has 2 atom stereocenters. The van der Waals surface area contributed by atoms with Gasteiger partial charge in [0.1, 0.15) is 5.75 Å². The summed E-state index contributed by atoms with van der Waals surface area (Å²) in [5.74, 6) is 1.13. The molecule has 0 saturated carbocycles. The van der Waals surface area contributed by atoms with E-state index < -0.39 is 11.0 Å². The number of hydrogen-bond acceptors (Lipinski definition) is 1. The molecule has 0 aromatic heterocycles. The topological polar surface area (TPSA) is 9.23 Å². The van der Waals surface area contributed by atoms with Crippen LogP contribution in [0.15, 0.2) is 18.2 Å². The largest absolute Gasteiger partial charge is 0.476 e. The molecule has 0 saturated heterocycles. The van der Waals surface area contributed by atoms with Gasteiger partial charge < -0.3 is 4.74 Å². The summed E-state index contributed by atoms with van der Waals surface area (Å²) in [6, 6.07) is 7.62. The van der Waals surface area contributed by atoms with E-state index >= 15 is 0 Å². The molecule has 0 bridgehead atoms. The number of benzene rings is 18. The van der Waals surface area contributed by atoms with Crippen molar-refractivity contribution in [3.8, 4) is 5.75 Å². The summed E-state index contributed by atoms with van der Waals surface area (Å²) < 4.78 is 8.66. The summed E-state index contributed by atoms with van der Waals surface area (Å²) in [6.45, 7) is 7.31. The third kappa shape index (κ3) is 1.40. The van der Waals surface area contributed by atoms with E-state index in [0.717, 1.165) is 5.75 Å². The third-order valence-corrected chi connectivity index (χ3v) is 25.7. The quantitative estimate of drug-likeness (QED) is 0.138. The summed E-state index contributed by atoms with van der Waals surface area (Å²) in [4.78, 5) is 0. The molecule has 0 fully saturated rings. The summed E-state index contributed by atoms with van der Waals surface area (Å²) >= 11 is 0. The Morgan fingerprint density at radius 3 is 0.775 bits per heavy atom. The Kier molecular flexibility index (Phi) is 2.17. The van der Waals surface area contributed by atoms with Crippen LogP contribution in [0, 0.1) is 0 Å². The third-order valence-electron chi connectivity index (χ3n) is 25.7. The zero-order valence-electron chi connectivity index (χ0n) is 37.1. The molecule has 0 radical (unpaired) electrons. The standard InChI is InChI=1S/C70H12O/c1-68(2,3)7-4-5-9-8(6-7)69-64-57-50-38-30-21-12-10-11-13-16(12)25-32(30)40-41-33(25)31-22(13)24-20-15(11)18-17-14(10)19-23(21)36(38)44-42-28(19)26(17)34-35-27(18)29(20)43-45-37(24)39(31)51-53(41)62(61(64)52(40)50)66-59(51)56(45)60-49(43)47(35)54-46(34)48(42)58(55(44)57)65(69)63(54)67(60)70(66,69)71-9/h4-6H,1-3H3. The molecule has 1 nitrogen and oxygen atoms in total. The molecule has 1 heterocycles. The second kappa shape index (κ2) is 5.83. The Morgan fingerprint density at radius 1 is 0.254 bits per heavy atom. The molecule has 4 aliphatic carbocycles. The van der Waals surface area contributed by atoms with Gasteiger partial charge in [0, 0.05) is 16.7 Å². The Morgan fingerprint density at radius 2 is 0.465 bits per heavy atom. The van der Waals surface area contributed by atoms with E-state index in [2.05, 4.69) is 39.0 Å². The average Bonchev–Trinajstić information content (AvgIpc) is 4.38. The first-order valence-corrected chi connectivity index (χ1v) is 26.6. The maximum Gasteiger partial charge on any atom is 0.179 e. The van der Waals surface area contributed by atoms with Crippen LogP contribution in [0.2, 0.25) is 0 Å². The normalized spacial score (nSPS) is 22.2. The van der Waals surface area contributed by atoms with Gasteiger partial charge >= 0.3 is 0 Å². The molecule has 2 unspecified atom stereocenters. The highest BCUT2D eigenvalue weighted by Gasteiger charge is 2.75. The van der Waals surface area contributed by atoms with Crippen molar-refractivity contribution in [2.45, 2.75) is 37.2 Å². The summed E-state index contributed by atoms with van der Waals surface area (Å²) in [7, 11) is 0. The first-order valence-electron chi connectivity index (χ1n) is 26.6. The van der Waals surface area contributed by atoms with E-state index in [1.54, 1.807) is 313 Å². The number of ether oxygens (including phenoxy) is 1. The highest BCUT2D eigenvalue weighted by molar-refractivity contribution is 6.82. The molecule has 1 heteroatoms. The Bertz CT molecular complexity index is 7620. The minimum Gasteiger partial charge on any atom is -0.476 e. The van der Waals surface area contributed by atoms with E-state index in [1.165, 1.54) is 11.1 Å².